The minimum Gasteiger partial charge on any atom is -0.484 e. The maximum atomic E-state index is 12.1. The van der Waals surface area contributed by atoms with Crippen molar-refractivity contribution >= 4 is 34.9 Å². The molecule has 0 aliphatic carbocycles. The van der Waals surface area contributed by atoms with Gasteiger partial charge in [-0.15, -0.1) is 0 Å². The molecule has 154 valence electrons. The molecule has 0 atom stereocenters. The minimum absolute atomic E-state index is 0.0710. The standard InChI is InChI=1S/C22H26N2O4S/c1-5-27-21(26)18-8-6-7-9-19(18)23-22(29)24-20(25)13-28-16-10-11-17(14(2)3)15(4)12-16/h6-12,14H,5,13H2,1-4H3,(H2,23,24,25,29). The Labute approximate surface area is 176 Å². The van der Waals surface area contributed by atoms with Gasteiger partial charge in [-0.1, -0.05) is 32.0 Å². The van der Waals surface area contributed by atoms with Gasteiger partial charge in [0.05, 0.1) is 17.9 Å². The zero-order valence-corrected chi connectivity index (χ0v) is 17.9. The Morgan fingerprint density at radius 3 is 2.52 bits per heavy atom. The molecular weight excluding hydrogens is 388 g/mol. The van der Waals surface area contributed by atoms with Crippen molar-refractivity contribution < 1.29 is 19.1 Å². The van der Waals surface area contributed by atoms with Gasteiger partial charge >= 0.3 is 5.97 Å². The minimum atomic E-state index is -0.465. The number of carbonyl (C=O) groups excluding carboxylic acids is 2. The van der Waals surface area contributed by atoms with Crippen molar-refractivity contribution in [2.45, 2.75) is 33.6 Å². The molecule has 2 N–H and O–H groups in total. The van der Waals surface area contributed by atoms with E-state index in [-0.39, 0.29) is 18.3 Å². The molecule has 0 saturated heterocycles. The Hall–Kier alpha value is -2.93. The first-order valence-corrected chi connectivity index (χ1v) is 9.83. The van der Waals surface area contributed by atoms with Gasteiger partial charge < -0.3 is 14.8 Å². The van der Waals surface area contributed by atoms with E-state index in [9.17, 15) is 9.59 Å². The summed E-state index contributed by atoms with van der Waals surface area (Å²) >= 11 is 5.17. The molecule has 0 spiro atoms. The lowest BCUT2D eigenvalue weighted by atomic mass is 9.98. The number of anilines is 1. The summed E-state index contributed by atoms with van der Waals surface area (Å²) in [5.41, 5.74) is 3.15. The zero-order chi connectivity index (χ0) is 21.4. The summed E-state index contributed by atoms with van der Waals surface area (Å²) < 4.78 is 10.6. The van der Waals surface area contributed by atoms with Crippen LogP contribution in [0.5, 0.6) is 5.75 Å². The molecule has 1 amide bonds. The average molecular weight is 415 g/mol. The molecule has 0 radical (unpaired) electrons. The van der Waals surface area contributed by atoms with Crippen molar-refractivity contribution in [3.05, 3.63) is 59.2 Å². The second kappa shape index (κ2) is 10.6. The summed E-state index contributed by atoms with van der Waals surface area (Å²) in [5, 5.41) is 5.47. The van der Waals surface area contributed by atoms with Gasteiger partial charge in [-0.05, 0) is 67.4 Å². The number of hydrogen-bond donors (Lipinski definition) is 2. The number of benzene rings is 2. The highest BCUT2D eigenvalue weighted by Crippen LogP contribution is 2.23. The topological polar surface area (TPSA) is 76.7 Å². The first-order chi connectivity index (χ1) is 13.8. The van der Waals surface area contributed by atoms with Crippen molar-refractivity contribution in [3.63, 3.8) is 0 Å². The molecule has 7 heteroatoms. The van der Waals surface area contributed by atoms with Gasteiger partial charge in [0.25, 0.3) is 5.91 Å². The van der Waals surface area contributed by atoms with Crippen LogP contribution in [0.25, 0.3) is 0 Å². The molecule has 6 nitrogen and oxygen atoms in total. The van der Waals surface area contributed by atoms with E-state index in [1.807, 2.05) is 25.1 Å². The van der Waals surface area contributed by atoms with Gasteiger partial charge in [0.1, 0.15) is 5.75 Å². The molecule has 2 aromatic carbocycles. The van der Waals surface area contributed by atoms with Crippen LogP contribution >= 0.6 is 12.2 Å². The van der Waals surface area contributed by atoms with Crippen LogP contribution in [0.2, 0.25) is 0 Å². The second-order valence-corrected chi connectivity index (χ2v) is 7.14. The van der Waals surface area contributed by atoms with E-state index in [1.165, 1.54) is 5.56 Å². The van der Waals surface area contributed by atoms with Crippen molar-refractivity contribution in [3.8, 4) is 5.75 Å². The van der Waals surface area contributed by atoms with E-state index in [0.717, 1.165) is 5.56 Å². The number of nitrogens with one attached hydrogen (secondary N) is 2. The summed E-state index contributed by atoms with van der Waals surface area (Å²) in [4.78, 5) is 24.2. The Balaban J connectivity index is 1.91. The normalized spacial score (nSPS) is 10.4. The summed E-state index contributed by atoms with van der Waals surface area (Å²) in [7, 11) is 0. The number of aryl methyl sites for hydroxylation is 1. The zero-order valence-electron chi connectivity index (χ0n) is 17.1. The van der Waals surface area contributed by atoms with Crippen LogP contribution in [-0.2, 0) is 9.53 Å². The molecule has 0 aliphatic rings. The highest BCUT2D eigenvalue weighted by atomic mass is 32.1. The Morgan fingerprint density at radius 1 is 1.14 bits per heavy atom. The molecule has 0 aliphatic heterocycles. The number of ether oxygens (including phenoxy) is 2. The van der Waals surface area contributed by atoms with Crippen LogP contribution in [0, 0.1) is 6.92 Å². The lowest BCUT2D eigenvalue weighted by Crippen LogP contribution is -2.37. The summed E-state index contributed by atoms with van der Waals surface area (Å²) in [5.74, 6) is 0.178. The molecule has 29 heavy (non-hydrogen) atoms. The van der Waals surface area contributed by atoms with Crippen LogP contribution in [0.3, 0.4) is 0 Å². The highest BCUT2D eigenvalue weighted by Gasteiger charge is 2.14. The van der Waals surface area contributed by atoms with Crippen LogP contribution in [0.4, 0.5) is 5.69 Å². The lowest BCUT2D eigenvalue weighted by Gasteiger charge is -2.14. The number of rotatable bonds is 7. The number of esters is 1. The average Bonchev–Trinajstić information content (AvgIpc) is 2.66. The predicted octanol–water partition coefficient (Wildman–Crippen LogP) is 4.19. The summed E-state index contributed by atoms with van der Waals surface area (Å²) in [6, 6.07) is 12.5. The van der Waals surface area contributed by atoms with Crippen LogP contribution in [-0.4, -0.2) is 30.2 Å². The molecule has 0 unspecified atom stereocenters. The van der Waals surface area contributed by atoms with E-state index in [0.29, 0.717) is 22.9 Å². The van der Waals surface area contributed by atoms with Crippen LogP contribution in [0.15, 0.2) is 42.5 Å². The maximum Gasteiger partial charge on any atom is 0.340 e. The third-order valence-corrected chi connectivity index (χ3v) is 4.36. The smallest absolute Gasteiger partial charge is 0.340 e. The van der Waals surface area contributed by atoms with Crippen molar-refractivity contribution in [1.29, 1.82) is 0 Å². The maximum absolute atomic E-state index is 12.1. The third kappa shape index (κ3) is 6.57. The highest BCUT2D eigenvalue weighted by molar-refractivity contribution is 7.80. The van der Waals surface area contributed by atoms with Gasteiger partial charge in [0.15, 0.2) is 11.7 Å². The predicted molar refractivity (Wildman–Crippen MR) is 118 cm³/mol. The SMILES string of the molecule is CCOC(=O)c1ccccc1NC(=S)NC(=O)COc1ccc(C(C)C)c(C)c1. The largest absolute Gasteiger partial charge is 0.484 e. The van der Waals surface area contributed by atoms with Gasteiger partial charge in [0, 0.05) is 0 Å². The molecule has 0 heterocycles. The van der Waals surface area contributed by atoms with Gasteiger partial charge in [0.2, 0.25) is 0 Å². The molecule has 2 aromatic rings. The summed E-state index contributed by atoms with van der Waals surface area (Å²) in [6.45, 7) is 8.10. The Kier molecular flexibility index (Phi) is 8.15. The van der Waals surface area contributed by atoms with Crippen molar-refractivity contribution in [1.82, 2.24) is 5.32 Å². The molecule has 0 fully saturated rings. The molecular formula is C22H26N2O4S. The lowest BCUT2D eigenvalue weighted by molar-refractivity contribution is -0.121. The van der Waals surface area contributed by atoms with Crippen molar-refractivity contribution in [2.75, 3.05) is 18.5 Å². The molecule has 0 bridgehead atoms. The number of thiocarbonyl (C=S) groups is 1. The quantitative estimate of drug-likeness (QED) is 0.523. The van der Waals surface area contributed by atoms with Gasteiger partial charge in [-0.3, -0.25) is 10.1 Å². The van der Waals surface area contributed by atoms with E-state index >= 15 is 0 Å². The third-order valence-electron chi connectivity index (χ3n) is 4.16. The number of hydrogen-bond acceptors (Lipinski definition) is 5. The fourth-order valence-corrected chi connectivity index (χ4v) is 3.05. The molecule has 0 aromatic heterocycles. The first-order valence-electron chi connectivity index (χ1n) is 9.42. The fraction of sp³-hybridized carbons (Fsp3) is 0.318. The summed E-state index contributed by atoms with van der Waals surface area (Å²) in [6.07, 6.45) is 0. The Morgan fingerprint density at radius 2 is 1.86 bits per heavy atom. The number of amides is 1. The van der Waals surface area contributed by atoms with E-state index in [2.05, 4.69) is 24.5 Å². The molecule has 0 saturated carbocycles. The van der Waals surface area contributed by atoms with E-state index < -0.39 is 11.9 Å². The van der Waals surface area contributed by atoms with Gasteiger partial charge in [-0.25, -0.2) is 4.79 Å². The first kappa shape index (κ1) is 22.4. The van der Waals surface area contributed by atoms with Crippen molar-refractivity contribution in [2.24, 2.45) is 0 Å². The molecule has 2 rings (SSSR count). The van der Waals surface area contributed by atoms with E-state index in [1.54, 1.807) is 31.2 Å². The number of carbonyl (C=O) groups is 2. The fourth-order valence-electron chi connectivity index (χ4n) is 2.83. The van der Waals surface area contributed by atoms with Crippen LogP contribution in [0.1, 0.15) is 48.2 Å². The van der Waals surface area contributed by atoms with Gasteiger partial charge in [-0.2, -0.15) is 0 Å². The van der Waals surface area contributed by atoms with Crippen LogP contribution < -0.4 is 15.4 Å². The van der Waals surface area contributed by atoms with E-state index in [4.69, 9.17) is 21.7 Å². The monoisotopic (exact) mass is 414 g/mol. The number of para-hydroxylation sites is 1. The Bertz CT molecular complexity index is 896. The second-order valence-electron chi connectivity index (χ2n) is 6.73.